The second-order valence-corrected chi connectivity index (χ2v) is 6.52. The molecule has 4 heteroatoms. The lowest BCUT2D eigenvalue weighted by Gasteiger charge is -2.44. The third-order valence-corrected chi connectivity index (χ3v) is 5.13. The molecule has 0 aliphatic carbocycles. The number of carbonyl (C=O) groups excluding carboxylic acids is 1. The summed E-state index contributed by atoms with van der Waals surface area (Å²) >= 11 is 5.89. The first-order chi connectivity index (χ1) is 9.61. The summed E-state index contributed by atoms with van der Waals surface area (Å²) in [5.41, 5.74) is 0.965. The highest BCUT2D eigenvalue weighted by Gasteiger charge is 2.43. The van der Waals surface area contributed by atoms with Crippen LogP contribution in [0.5, 0.6) is 0 Å². The molecule has 2 aliphatic rings. The van der Waals surface area contributed by atoms with Gasteiger partial charge in [-0.05, 0) is 63.5 Å². The van der Waals surface area contributed by atoms with Crippen LogP contribution in [0.15, 0.2) is 24.3 Å². The van der Waals surface area contributed by atoms with E-state index in [1.165, 1.54) is 19.3 Å². The Bertz CT molecular complexity index is 502. The van der Waals surface area contributed by atoms with Crippen molar-refractivity contribution in [3.63, 3.8) is 0 Å². The number of rotatable bonds is 1. The summed E-state index contributed by atoms with van der Waals surface area (Å²) in [7, 11) is 2.20. The van der Waals surface area contributed by atoms with E-state index in [0.717, 1.165) is 31.6 Å². The molecule has 108 valence electrons. The minimum atomic E-state index is 0.140. The zero-order valence-electron chi connectivity index (χ0n) is 11.9. The van der Waals surface area contributed by atoms with Crippen molar-refractivity contribution < 1.29 is 4.79 Å². The van der Waals surface area contributed by atoms with Gasteiger partial charge in [0, 0.05) is 29.2 Å². The molecule has 0 saturated carbocycles. The topological polar surface area (TPSA) is 23.6 Å². The molecule has 2 aliphatic heterocycles. The van der Waals surface area contributed by atoms with Gasteiger partial charge in [-0.2, -0.15) is 0 Å². The van der Waals surface area contributed by atoms with Crippen LogP contribution in [-0.4, -0.2) is 47.9 Å². The minimum absolute atomic E-state index is 0.140. The maximum Gasteiger partial charge on any atom is 0.253 e. The van der Waals surface area contributed by atoms with E-state index in [9.17, 15) is 4.79 Å². The normalized spacial score (nSPS) is 27.2. The number of benzene rings is 1. The van der Waals surface area contributed by atoms with E-state index in [4.69, 9.17) is 11.6 Å². The third-order valence-electron chi connectivity index (χ3n) is 4.88. The molecule has 2 fully saturated rings. The van der Waals surface area contributed by atoms with Crippen molar-refractivity contribution in [1.29, 1.82) is 0 Å². The summed E-state index contributed by atoms with van der Waals surface area (Å²) in [6, 6.07) is 7.22. The Morgan fingerprint density at radius 3 is 2.45 bits per heavy atom. The number of piperidine rings is 1. The van der Waals surface area contributed by atoms with E-state index in [2.05, 4.69) is 11.9 Å². The quantitative estimate of drug-likeness (QED) is 0.794. The van der Waals surface area contributed by atoms with Gasteiger partial charge in [0.2, 0.25) is 0 Å². The first-order valence-electron chi connectivity index (χ1n) is 7.37. The summed E-state index contributed by atoms with van der Waals surface area (Å²) in [4.78, 5) is 17.1. The van der Waals surface area contributed by atoms with Gasteiger partial charge in [-0.15, -0.1) is 0 Å². The highest BCUT2D eigenvalue weighted by molar-refractivity contribution is 6.30. The number of halogens is 1. The lowest BCUT2D eigenvalue weighted by Crippen LogP contribution is -2.55. The van der Waals surface area contributed by atoms with Crippen LogP contribution < -0.4 is 0 Å². The highest BCUT2D eigenvalue weighted by Crippen LogP contribution is 2.36. The van der Waals surface area contributed by atoms with E-state index in [1.54, 1.807) is 12.1 Å². The molecule has 1 unspecified atom stereocenters. The van der Waals surface area contributed by atoms with Gasteiger partial charge in [0.05, 0.1) is 0 Å². The lowest BCUT2D eigenvalue weighted by atomic mass is 9.86. The van der Waals surface area contributed by atoms with Gasteiger partial charge < -0.3 is 4.90 Å². The Morgan fingerprint density at radius 1 is 1.15 bits per heavy atom. The fourth-order valence-electron chi connectivity index (χ4n) is 3.65. The average Bonchev–Trinajstić information content (AvgIpc) is 2.80. The molecule has 20 heavy (non-hydrogen) atoms. The van der Waals surface area contributed by atoms with Gasteiger partial charge in [-0.3, -0.25) is 9.69 Å². The third kappa shape index (κ3) is 2.45. The molecule has 0 aromatic heterocycles. The Morgan fingerprint density at radius 2 is 1.80 bits per heavy atom. The van der Waals surface area contributed by atoms with Gasteiger partial charge in [-0.25, -0.2) is 0 Å². The van der Waals surface area contributed by atoms with Crippen LogP contribution in [0.2, 0.25) is 5.02 Å². The van der Waals surface area contributed by atoms with Gasteiger partial charge in [-0.1, -0.05) is 11.6 Å². The van der Waals surface area contributed by atoms with Crippen molar-refractivity contribution in [3.05, 3.63) is 34.9 Å². The Labute approximate surface area is 125 Å². The van der Waals surface area contributed by atoms with E-state index in [0.29, 0.717) is 5.02 Å². The fraction of sp³-hybridized carbons (Fsp3) is 0.562. The monoisotopic (exact) mass is 292 g/mol. The van der Waals surface area contributed by atoms with Gasteiger partial charge >= 0.3 is 0 Å². The van der Waals surface area contributed by atoms with Crippen LogP contribution in [0.25, 0.3) is 0 Å². The first kappa shape index (κ1) is 13.9. The van der Waals surface area contributed by atoms with Crippen LogP contribution in [0.1, 0.15) is 36.0 Å². The van der Waals surface area contributed by atoms with E-state index in [1.807, 2.05) is 17.0 Å². The van der Waals surface area contributed by atoms with Crippen molar-refractivity contribution in [2.75, 3.05) is 26.7 Å². The summed E-state index contributed by atoms with van der Waals surface area (Å²) in [6.07, 6.45) is 4.78. The van der Waals surface area contributed by atoms with Crippen molar-refractivity contribution in [2.24, 2.45) is 0 Å². The van der Waals surface area contributed by atoms with Crippen LogP contribution in [0.4, 0.5) is 0 Å². The summed E-state index contributed by atoms with van der Waals surface area (Å²) < 4.78 is 0. The number of nitrogens with zero attached hydrogens (tertiary/aromatic N) is 2. The Kier molecular flexibility index (Phi) is 3.74. The van der Waals surface area contributed by atoms with E-state index in [-0.39, 0.29) is 11.4 Å². The number of hydrogen-bond acceptors (Lipinski definition) is 2. The number of amides is 1. The molecule has 1 amide bonds. The molecule has 0 radical (unpaired) electrons. The van der Waals surface area contributed by atoms with Crippen molar-refractivity contribution >= 4 is 17.5 Å². The Hall–Kier alpha value is -1.06. The molecule has 2 heterocycles. The van der Waals surface area contributed by atoms with Crippen molar-refractivity contribution in [1.82, 2.24) is 9.80 Å². The van der Waals surface area contributed by atoms with E-state index >= 15 is 0 Å². The second-order valence-electron chi connectivity index (χ2n) is 6.09. The van der Waals surface area contributed by atoms with Crippen LogP contribution >= 0.6 is 11.6 Å². The first-order valence-corrected chi connectivity index (χ1v) is 7.75. The molecule has 1 aromatic carbocycles. The molecule has 0 bridgehead atoms. The summed E-state index contributed by atoms with van der Waals surface area (Å²) in [5.74, 6) is 0.140. The van der Waals surface area contributed by atoms with E-state index < -0.39 is 0 Å². The molecule has 2 saturated heterocycles. The Balaban J connectivity index is 1.76. The molecule has 1 atom stereocenters. The van der Waals surface area contributed by atoms with Crippen LogP contribution in [-0.2, 0) is 0 Å². The zero-order chi connectivity index (χ0) is 14.2. The maximum absolute atomic E-state index is 12.6. The largest absolute Gasteiger partial charge is 0.337 e. The molecule has 0 N–H and O–H groups in total. The average molecular weight is 293 g/mol. The molecular weight excluding hydrogens is 272 g/mol. The second kappa shape index (κ2) is 5.38. The van der Waals surface area contributed by atoms with Crippen LogP contribution in [0, 0.1) is 0 Å². The number of likely N-dealkylation sites (tertiary alicyclic amines) is 2. The minimum Gasteiger partial charge on any atom is -0.337 e. The molecule has 3 nitrogen and oxygen atoms in total. The fourth-order valence-corrected chi connectivity index (χ4v) is 3.78. The summed E-state index contributed by atoms with van der Waals surface area (Å²) in [5, 5.41) is 0.673. The maximum atomic E-state index is 12.6. The van der Waals surface area contributed by atoms with Gasteiger partial charge in [0.15, 0.2) is 0 Å². The number of likely N-dealkylation sites (N-methyl/N-ethyl adjacent to an activating group) is 1. The molecular formula is C16H21ClN2O. The van der Waals surface area contributed by atoms with Gasteiger partial charge in [0.25, 0.3) is 5.91 Å². The van der Waals surface area contributed by atoms with Crippen molar-refractivity contribution in [3.8, 4) is 0 Å². The highest BCUT2D eigenvalue weighted by atomic mass is 35.5. The SMILES string of the molecule is CN1CCCC12CCCN(C(=O)c1ccc(Cl)cc1)C2. The number of hydrogen-bond donors (Lipinski definition) is 0. The molecule has 1 aromatic rings. The predicted molar refractivity (Wildman–Crippen MR) is 81.2 cm³/mol. The number of carbonyl (C=O) groups is 1. The molecule has 1 spiro atoms. The van der Waals surface area contributed by atoms with Crippen LogP contribution in [0.3, 0.4) is 0 Å². The smallest absolute Gasteiger partial charge is 0.253 e. The summed E-state index contributed by atoms with van der Waals surface area (Å²) in [6.45, 7) is 2.89. The van der Waals surface area contributed by atoms with Crippen molar-refractivity contribution in [2.45, 2.75) is 31.2 Å². The predicted octanol–water partition coefficient (Wildman–Crippen LogP) is 3.04. The molecule has 3 rings (SSSR count). The standard InChI is InChI=1S/C16H21ClN2O/c1-18-10-2-8-16(18)9-3-11-19(12-16)15(20)13-4-6-14(17)7-5-13/h4-7H,2-3,8-12H2,1H3. The lowest BCUT2D eigenvalue weighted by molar-refractivity contribution is 0.0412. The van der Waals surface area contributed by atoms with Gasteiger partial charge in [0.1, 0.15) is 0 Å². The zero-order valence-corrected chi connectivity index (χ0v) is 12.7.